The summed E-state index contributed by atoms with van der Waals surface area (Å²) < 4.78 is 13.9. The number of anilines is 1. The van der Waals surface area contributed by atoms with Gasteiger partial charge in [0, 0.05) is 33.9 Å². The van der Waals surface area contributed by atoms with Crippen LogP contribution >= 0.6 is 0 Å². The fourth-order valence-corrected chi connectivity index (χ4v) is 4.51. The number of nitrogens with one attached hydrogen (secondary N) is 1. The van der Waals surface area contributed by atoms with Crippen molar-refractivity contribution in [2.24, 2.45) is 0 Å². The van der Waals surface area contributed by atoms with E-state index in [4.69, 9.17) is 0 Å². The van der Waals surface area contributed by atoms with Crippen LogP contribution in [0.25, 0.3) is 21.8 Å². The zero-order valence-electron chi connectivity index (χ0n) is 18.8. The zero-order chi connectivity index (χ0) is 23.1. The van der Waals surface area contributed by atoms with Gasteiger partial charge in [-0.3, -0.25) is 9.78 Å². The van der Waals surface area contributed by atoms with Gasteiger partial charge in [-0.05, 0) is 73.9 Å². The number of aromatic nitrogens is 2. The Hall–Kier alpha value is -3.99. The summed E-state index contributed by atoms with van der Waals surface area (Å²) in [7, 11) is 0. The summed E-state index contributed by atoms with van der Waals surface area (Å²) in [6.07, 6.45) is 1.74. The van der Waals surface area contributed by atoms with E-state index in [1.54, 1.807) is 17.2 Å². The van der Waals surface area contributed by atoms with E-state index in [0.717, 1.165) is 38.6 Å². The maximum Gasteiger partial charge on any atom is 0.259 e. The number of aromatic amines is 1. The number of H-pyrrole nitrogens is 1. The van der Waals surface area contributed by atoms with Crippen LogP contribution in [0, 0.1) is 26.6 Å². The molecule has 2 aromatic heterocycles. The summed E-state index contributed by atoms with van der Waals surface area (Å²) in [4.78, 5) is 23.8. The van der Waals surface area contributed by atoms with Crippen LogP contribution in [0.1, 0.15) is 32.7 Å². The van der Waals surface area contributed by atoms with Crippen molar-refractivity contribution in [3.05, 3.63) is 107 Å². The first kappa shape index (κ1) is 20.9. The number of hydrogen-bond acceptors (Lipinski definition) is 2. The first-order chi connectivity index (χ1) is 15.9. The van der Waals surface area contributed by atoms with Gasteiger partial charge in [0.25, 0.3) is 5.91 Å². The molecule has 0 bridgehead atoms. The highest BCUT2D eigenvalue weighted by Gasteiger charge is 2.24. The van der Waals surface area contributed by atoms with E-state index in [1.165, 1.54) is 12.1 Å². The fraction of sp³-hybridized carbons (Fsp3) is 0.143. The molecule has 0 radical (unpaired) electrons. The lowest BCUT2D eigenvalue weighted by Crippen LogP contribution is -2.32. The second-order valence-electron chi connectivity index (χ2n) is 8.49. The molecule has 0 atom stereocenters. The minimum absolute atomic E-state index is 0.134. The van der Waals surface area contributed by atoms with E-state index >= 15 is 0 Å². The van der Waals surface area contributed by atoms with E-state index in [-0.39, 0.29) is 11.7 Å². The number of hydrogen-bond donors (Lipinski definition) is 1. The van der Waals surface area contributed by atoms with Gasteiger partial charge >= 0.3 is 0 Å². The molecule has 0 unspecified atom stereocenters. The van der Waals surface area contributed by atoms with Crippen LogP contribution in [0.15, 0.2) is 72.9 Å². The van der Waals surface area contributed by atoms with Gasteiger partial charge < -0.3 is 9.88 Å². The Bertz CT molecular complexity index is 1520. The minimum Gasteiger partial charge on any atom is -0.359 e. The van der Waals surface area contributed by atoms with E-state index < -0.39 is 0 Å². The van der Waals surface area contributed by atoms with Crippen LogP contribution < -0.4 is 4.90 Å². The van der Waals surface area contributed by atoms with E-state index in [2.05, 4.69) is 16.0 Å². The van der Waals surface area contributed by atoms with Gasteiger partial charge in [0.15, 0.2) is 0 Å². The molecule has 0 saturated heterocycles. The molecule has 2 heterocycles. The van der Waals surface area contributed by atoms with Crippen molar-refractivity contribution in [3.63, 3.8) is 0 Å². The Labute approximate surface area is 191 Å². The number of aryl methyl sites for hydroxylation is 3. The molecule has 3 aromatic carbocycles. The molecule has 5 aromatic rings. The Morgan fingerprint density at radius 2 is 1.76 bits per heavy atom. The highest BCUT2D eigenvalue weighted by Crippen LogP contribution is 2.30. The average molecular weight is 438 g/mol. The molecule has 5 heteroatoms. The number of rotatable bonds is 4. The summed E-state index contributed by atoms with van der Waals surface area (Å²) in [6, 6.07) is 20.4. The monoisotopic (exact) mass is 437 g/mol. The van der Waals surface area contributed by atoms with Crippen molar-refractivity contribution < 1.29 is 9.18 Å². The second-order valence-corrected chi connectivity index (χ2v) is 8.49. The lowest BCUT2D eigenvalue weighted by Gasteiger charge is -2.26. The number of pyridine rings is 1. The molecule has 0 aliphatic heterocycles. The van der Waals surface area contributed by atoms with Crippen LogP contribution in [0.2, 0.25) is 0 Å². The van der Waals surface area contributed by atoms with Crippen molar-refractivity contribution in [1.82, 2.24) is 9.97 Å². The van der Waals surface area contributed by atoms with Crippen LogP contribution in [0.3, 0.4) is 0 Å². The summed E-state index contributed by atoms with van der Waals surface area (Å²) in [5.41, 5.74) is 6.68. The topological polar surface area (TPSA) is 49.0 Å². The van der Waals surface area contributed by atoms with Crippen LogP contribution in [0.5, 0.6) is 0 Å². The maximum absolute atomic E-state index is 14.2. The van der Waals surface area contributed by atoms with Crippen molar-refractivity contribution in [2.75, 3.05) is 4.90 Å². The maximum atomic E-state index is 14.2. The van der Waals surface area contributed by atoms with Crippen LogP contribution in [0.4, 0.5) is 10.1 Å². The Balaban J connectivity index is 1.69. The molecule has 1 N–H and O–H groups in total. The highest BCUT2D eigenvalue weighted by molar-refractivity contribution is 6.14. The van der Waals surface area contributed by atoms with Crippen LogP contribution in [-0.4, -0.2) is 15.9 Å². The molecule has 0 fully saturated rings. The number of carbonyl (C=O) groups excluding carboxylic acids is 1. The number of fused-ring (bicyclic) bond motifs is 2. The van der Waals surface area contributed by atoms with Gasteiger partial charge in [-0.15, -0.1) is 0 Å². The van der Waals surface area contributed by atoms with Crippen molar-refractivity contribution in [2.45, 2.75) is 27.3 Å². The molecule has 0 aliphatic rings. The quantitative estimate of drug-likeness (QED) is 0.343. The molecule has 4 nitrogen and oxygen atoms in total. The lowest BCUT2D eigenvalue weighted by atomic mass is 10.0. The highest BCUT2D eigenvalue weighted by atomic mass is 19.1. The standard InChI is InChI=1S/C28H24FN3O/c1-17-13-21(29)11-12-26(17)32(16-20-7-6-10-25-23(20)14-19(3)31-25)28(33)27-18(2)15-30-24-9-5-4-8-22(24)27/h4-15,31H,16H2,1-3H3. The third kappa shape index (κ3) is 3.76. The van der Waals surface area contributed by atoms with Crippen molar-refractivity contribution in [1.29, 1.82) is 0 Å². The number of nitrogens with zero attached hydrogens (tertiary/aromatic N) is 2. The fourth-order valence-electron chi connectivity index (χ4n) is 4.51. The number of benzene rings is 3. The van der Waals surface area contributed by atoms with Crippen LogP contribution in [-0.2, 0) is 6.54 Å². The number of halogens is 1. The van der Waals surface area contributed by atoms with Gasteiger partial charge in [-0.1, -0.05) is 30.3 Å². The predicted molar refractivity (Wildman–Crippen MR) is 131 cm³/mol. The van der Waals surface area contributed by atoms with Crippen molar-refractivity contribution >= 4 is 33.4 Å². The summed E-state index contributed by atoms with van der Waals surface area (Å²) in [5, 5.41) is 1.88. The third-order valence-electron chi connectivity index (χ3n) is 6.09. The smallest absolute Gasteiger partial charge is 0.259 e. The van der Waals surface area contributed by atoms with Gasteiger partial charge in [0.2, 0.25) is 0 Å². The molecule has 164 valence electrons. The summed E-state index contributed by atoms with van der Waals surface area (Å²) in [5.74, 6) is -0.456. The molecule has 5 rings (SSSR count). The van der Waals surface area contributed by atoms with Gasteiger partial charge in [-0.2, -0.15) is 0 Å². The normalized spacial score (nSPS) is 11.3. The second kappa shape index (κ2) is 8.17. The molecule has 1 amide bonds. The summed E-state index contributed by atoms with van der Waals surface area (Å²) >= 11 is 0. The SMILES string of the molecule is Cc1cc2c(CN(C(=O)c3c(C)cnc4ccccc34)c3ccc(F)cc3C)cccc2[nH]1. The summed E-state index contributed by atoms with van der Waals surface area (Å²) in [6.45, 7) is 6.11. The molecular weight excluding hydrogens is 413 g/mol. The van der Waals surface area contributed by atoms with Gasteiger partial charge in [0.05, 0.1) is 17.6 Å². The van der Waals surface area contributed by atoms with Crippen molar-refractivity contribution in [3.8, 4) is 0 Å². The largest absolute Gasteiger partial charge is 0.359 e. The number of carbonyl (C=O) groups is 1. The minimum atomic E-state index is -0.322. The Kier molecular flexibility index (Phi) is 5.17. The number of amides is 1. The lowest BCUT2D eigenvalue weighted by molar-refractivity contribution is 0.0986. The average Bonchev–Trinajstić information content (AvgIpc) is 3.18. The van der Waals surface area contributed by atoms with Gasteiger partial charge in [-0.25, -0.2) is 4.39 Å². The molecule has 33 heavy (non-hydrogen) atoms. The van der Waals surface area contributed by atoms with Gasteiger partial charge in [0.1, 0.15) is 5.82 Å². The Morgan fingerprint density at radius 1 is 0.939 bits per heavy atom. The third-order valence-corrected chi connectivity index (χ3v) is 6.09. The molecule has 0 aliphatic carbocycles. The predicted octanol–water partition coefficient (Wildman–Crippen LogP) is 6.63. The first-order valence-corrected chi connectivity index (χ1v) is 10.9. The molecular formula is C28H24FN3O. The zero-order valence-corrected chi connectivity index (χ0v) is 18.8. The van der Waals surface area contributed by atoms with E-state index in [1.807, 2.05) is 63.2 Å². The first-order valence-electron chi connectivity index (χ1n) is 10.9. The molecule has 0 saturated carbocycles. The Morgan fingerprint density at radius 3 is 2.58 bits per heavy atom. The van der Waals surface area contributed by atoms with E-state index in [0.29, 0.717) is 23.4 Å². The molecule has 0 spiro atoms. The number of para-hydroxylation sites is 1. The van der Waals surface area contributed by atoms with E-state index in [9.17, 15) is 9.18 Å².